The van der Waals surface area contributed by atoms with Crippen LogP contribution in [0, 0.1) is 6.92 Å². The summed E-state index contributed by atoms with van der Waals surface area (Å²) in [5.41, 5.74) is 1.61. The highest BCUT2D eigenvalue weighted by molar-refractivity contribution is 9.10. The average Bonchev–Trinajstić information content (AvgIpc) is 2.17. The summed E-state index contributed by atoms with van der Waals surface area (Å²) in [4.78, 5) is 4.30. The molecule has 0 aliphatic rings. The molecule has 1 rings (SSSR count). The number of nitrogens with zero attached hydrogens (tertiary/aromatic N) is 2. The third kappa shape index (κ3) is 3.88. The van der Waals surface area contributed by atoms with Gasteiger partial charge in [-0.1, -0.05) is 4.40 Å². The van der Waals surface area contributed by atoms with Crippen LogP contribution in [0.5, 0.6) is 0 Å². The first kappa shape index (κ1) is 13.7. The van der Waals surface area contributed by atoms with E-state index in [-0.39, 0.29) is 4.75 Å². The van der Waals surface area contributed by atoms with Crippen LogP contribution in [-0.2, 0) is 11.4 Å². The van der Waals surface area contributed by atoms with Gasteiger partial charge in [0.05, 0.1) is 0 Å². The molecule has 0 aromatic carbocycles. The number of hydrogen-bond acceptors (Lipinski definition) is 3. The molecular weight excluding hydrogens is 288 g/mol. The smallest absolute Gasteiger partial charge is 0.144 e. The fourth-order valence-electron chi connectivity index (χ4n) is 0.906. The fraction of sp³-hybridized carbons (Fsp3) is 0.455. The zero-order valence-corrected chi connectivity index (χ0v) is 12.2. The maximum atomic E-state index is 11.7. The van der Waals surface area contributed by atoms with Crippen molar-refractivity contribution in [2.75, 3.05) is 0 Å². The lowest BCUT2D eigenvalue weighted by molar-refractivity contribution is 0.562. The number of aromatic nitrogens is 1. The fourth-order valence-corrected chi connectivity index (χ4v) is 1.74. The summed E-state index contributed by atoms with van der Waals surface area (Å²) in [6.45, 7) is 7.57. The second-order valence-electron chi connectivity index (χ2n) is 4.42. The summed E-state index contributed by atoms with van der Waals surface area (Å²) in [6, 6.07) is 3.81. The van der Waals surface area contributed by atoms with Gasteiger partial charge in [0.25, 0.3) is 0 Å². The molecule has 16 heavy (non-hydrogen) atoms. The van der Waals surface area contributed by atoms with Gasteiger partial charge in [0.15, 0.2) is 0 Å². The Bertz CT molecular complexity index is 401. The minimum absolute atomic E-state index is 0.340. The SMILES string of the molecule is Cc1ccc(Br)c(/C=N\[S@@+]([O-])C(C)(C)C)n1. The molecule has 88 valence electrons. The van der Waals surface area contributed by atoms with Gasteiger partial charge < -0.3 is 4.55 Å². The predicted molar refractivity (Wildman–Crippen MR) is 72.2 cm³/mol. The van der Waals surface area contributed by atoms with Crippen LogP contribution in [0.15, 0.2) is 21.0 Å². The molecule has 0 N–H and O–H groups in total. The van der Waals surface area contributed by atoms with Crippen molar-refractivity contribution in [3.8, 4) is 0 Å². The first-order valence-corrected chi connectivity index (χ1v) is 6.80. The Morgan fingerprint density at radius 3 is 2.62 bits per heavy atom. The lowest BCUT2D eigenvalue weighted by Crippen LogP contribution is -2.25. The second-order valence-corrected chi connectivity index (χ2v) is 7.20. The van der Waals surface area contributed by atoms with Crippen molar-refractivity contribution in [1.82, 2.24) is 4.98 Å². The van der Waals surface area contributed by atoms with Gasteiger partial charge in [-0.25, -0.2) is 0 Å². The molecule has 0 aliphatic carbocycles. The van der Waals surface area contributed by atoms with E-state index in [9.17, 15) is 4.55 Å². The molecule has 0 spiro atoms. The predicted octanol–water partition coefficient (Wildman–Crippen LogP) is 3.03. The maximum absolute atomic E-state index is 11.7. The summed E-state index contributed by atoms with van der Waals surface area (Å²) in [5, 5.41) is 0. The molecule has 0 fully saturated rings. The minimum Gasteiger partial charge on any atom is -0.591 e. The van der Waals surface area contributed by atoms with E-state index in [2.05, 4.69) is 25.3 Å². The number of hydrogen-bond donors (Lipinski definition) is 0. The van der Waals surface area contributed by atoms with Crippen LogP contribution >= 0.6 is 15.9 Å². The number of halogens is 1. The largest absolute Gasteiger partial charge is 0.591 e. The third-order valence-electron chi connectivity index (χ3n) is 1.81. The molecule has 1 aromatic rings. The van der Waals surface area contributed by atoms with E-state index in [0.29, 0.717) is 5.69 Å². The van der Waals surface area contributed by atoms with Gasteiger partial charge in [-0.15, -0.1) is 0 Å². The van der Waals surface area contributed by atoms with Crippen molar-refractivity contribution in [2.24, 2.45) is 4.40 Å². The zero-order valence-electron chi connectivity index (χ0n) is 9.82. The van der Waals surface area contributed by atoms with Gasteiger partial charge in [-0.2, -0.15) is 0 Å². The van der Waals surface area contributed by atoms with Crippen LogP contribution in [0.3, 0.4) is 0 Å². The number of rotatable bonds is 2. The molecular formula is C11H15BrN2OS. The molecule has 0 aliphatic heterocycles. The van der Waals surface area contributed by atoms with E-state index in [1.807, 2.05) is 39.8 Å². The van der Waals surface area contributed by atoms with E-state index in [4.69, 9.17) is 0 Å². The van der Waals surface area contributed by atoms with Crippen molar-refractivity contribution in [3.05, 3.63) is 28.0 Å². The van der Waals surface area contributed by atoms with Crippen LogP contribution in [-0.4, -0.2) is 20.5 Å². The van der Waals surface area contributed by atoms with Crippen molar-refractivity contribution >= 4 is 33.5 Å². The van der Waals surface area contributed by atoms with E-state index in [1.54, 1.807) is 6.21 Å². The molecule has 5 heteroatoms. The van der Waals surface area contributed by atoms with E-state index < -0.39 is 11.4 Å². The molecule has 0 amide bonds. The van der Waals surface area contributed by atoms with Crippen LogP contribution in [0.25, 0.3) is 0 Å². The molecule has 3 nitrogen and oxygen atoms in total. The van der Waals surface area contributed by atoms with Gasteiger partial charge in [0.1, 0.15) is 28.0 Å². The highest BCUT2D eigenvalue weighted by atomic mass is 79.9. The molecule has 1 atom stereocenters. The molecule has 0 bridgehead atoms. The van der Waals surface area contributed by atoms with E-state index >= 15 is 0 Å². The highest BCUT2D eigenvalue weighted by Crippen LogP contribution is 2.18. The van der Waals surface area contributed by atoms with Crippen molar-refractivity contribution < 1.29 is 4.55 Å². The van der Waals surface area contributed by atoms with Gasteiger partial charge in [-0.3, -0.25) is 4.98 Å². The molecule has 0 radical (unpaired) electrons. The second kappa shape index (κ2) is 5.29. The summed E-state index contributed by atoms with van der Waals surface area (Å²) in [5.74, 6) is 0. The summed E-state index contributed by atoms with van der Waals surface area (Å²) >= 11 is 2.13. The van der Waals surface area contributed by atoms with Crippen LogP contribution < -0.4 is 0 Å². The number of pyridine rings is 1. The Hall–Kier alpha value is -0.390. The van der Waals surface area contributed by atoms with Crippen LogP contribution in [0.4, 0.5) is 0 Å². The first-order valence-electron chi connectivity index (χ1n) is 4.90. The first-order chi connectivity index (χ1) is 7.30. The molecule has 0 saturated carbocycles. The molecule has 1 aromatic heterocycles. The normalized spacial score (nSPS) is 14.4. The van der Waals surface area contributed by atoms with Gasteiger partial charge in [0, 0.05) is 10.2 Å². The third-order valence-corrected chi connectivity index (χ3v) is 3.82. The quantitative estimate of drug-likeness (QED) is 0.623. The Morgan fingerprint density at radius 2 is 2.06 bits per heavy atom. The monoisotopic (exact) mass is 302 g/mol. The lowest BCUT2D eigenvalue weighted by atomic mass is 10.3. The topological polar surface area (TPSA) is 48.3 Å². The summed E-state index contributed by atoms with van der Waals surface area (Å²) in [7, 11) is 0. The zero-order chi connectivity index (χ0) is 12.3. The minimum atomic E-state index is -1.24. The Labute approximate surface area is 108 Å². The average molecular weight is 303 g/mol. The lowest BCUT2D eigenvalue weighted by Gasteiger charge is -2.17. The molecule has 0 saturated heterocycles. The van der Waals surface area contributed by atoms with Crippen molar-refractivity contribution in [2.45, 2.75) is 32.4 Å². The van der Waals surface area contributed by atoms with Gasteiger partial charge in [0.2, 0.25) is 0 Å². The Kier molecular flexibility index (Phi) is 4.52. The Morgan fingerprint density at radius 1 is 1.44 bits per heavy atom. The summed E-state index contributed by atoms with van der Waals surface area (Å²) < 4.78 is 16.2. The highest BCUT2D eigenvalue weighted by Gasteiger charge is 2.25. The standard InChI is InChI=1S/C11H15BrN2OS/c1-8-5-6-9(12)10(14-8)7-13-16(15)11(2,3)4/h5-7H,1-4H3/b13-7-/t16-/m0/s1. The molecule has 0 unspecified atom stereocenters. The maximum Gasteiger partial charge on any atom is 0.144 e. The van der Waals surface area contributed by atoms with Gasteiger partial charge >= 0.3 is 0 Å². The van der Waals surface area contributed by atoms with Gasteiger partial charge in [-0.05, 0) is 55.8 Å². The molecule has 1 heterocycles. The van der Waals surface area contributed by atoms with Crippen molar-refractivity contribution in [1.29, 1.82) is 0 Å². The summed E-state index contributed by atoms with van der Waals surface area (Å²) in [6.07, 6.45) is 1.55. The van der Waals surface area contributed by atoms with Crippen LogP contribution in [0.1, 0.15) is 32.2 Å². The van der Waals surface area contributed by atoms with Crippen molar-refractivity contribution in [3.63, 3.8) is 0 Å². The number of aryl methyl sites for hydroxylation is 1. The van der Waals surface area contributed by atoms with E-state index in [0.717, 1.165) is 10.2 Å². The Balaban J connectivity index is 2.88. The van der Waals surface area contributed by atoms with Crippen LogP contribution in [0.2, 0.25) is 0 Å². The van der Waals surface area contributed by atoms with E-state index in [1.165, 1.54) is 0 Å².